The van der Waals surface area contributed by atoms with E-state index in [1.165, 1.54) is 22.4 Å². The Morgan fingerprint density at radius 3 is 1.56 bits per heavy atom. The lowest BCUT2D eigenvalue weighted by Crippen LogP contribution is -2.07. The lowest BCUT2D eigenvalue weighted by molar-refractivity contribution is 0.867. The molecule has 0 N–H and O–H groups in total. The minimum absolute atomic E-state index is 0.593. The van der Waals surface area contributed by atoms with Crippen molar-refractivity contribution in [3.8, 4) is 11.1 Å². The van der Waals surface area contributed by atoms with E-state index in [9.17, 15) is 0 Å². The Morgan fingerprint density at radius 2 is 1.17 bits per heavy atom. The van der Waals surface area contributed by atoms with Crippen molar-refractivity contribution in [1.29, 1.82) is 0 Å². The van der Waals surface area contributed by atoms with E-state index < -0.39 is 0 Å². The second-order valence-corrected chi connectivity index (χ2v) is 5.22. The molecule has 0 bridgehead atoms. The zero-order chi connectivity index (χ0) is 13.1. The van der Waals surface area contributed by atoms with Gasteiger partial charge in [0.1, 0.15) is 0 Å². The van der Waals surface area contributed by atoms with Crippen molar-refractivity contribution in [1.82, 2.24) is 0 Å². The maximum absolute atomic E-state index is 2.22. The van der Waals surface area contributed by atoms with Gasteiger partial charge in [0.2, 0.25) is 0 Å². The summed E-state index contributed by atoms with van der Waals surface area (Å²) in [5.74, 6) is 0.593. The first-order valence-corrected chi connectivity index (χ1v) is 6.45. The fourth-order valence-corrected chi connectivity index (χ4v) is 2.01. The number of hydrogen-bond donors (Lipinski definition) is 0. The highest BCUT2D eigenvalue weighted by Crippen LogP contribution is 2.24. The molecule has 0 heterocycles. The van der Waals surface area contributed by atoms with Gasteiger partial charge in [-0.05, 0) is 34.7 Å². The van der Waals surface area contributed by atoms with Crippen LogP contribution in [0.5, 0.6) is 0 Å². The smallest absolute Gasteiger partial charge is 0.0361 e. The summed E-state index contributed by atoms with van der Waals surface area (Å²) < 4.78 is 0. The number of benzene rings is 2. The molecular formula is C17H21N. The van der Waals surface area contributed by atoms with Crippen LogP contribution in [0.25, 0.3) is 11.1 Å². The number of nitrogens with zero attached hydrogens (tertiary/aromatic N) is 1. The highest BCUT2D eigenvalue weighted by Gasteiger charge is 2.01. The van der Waals surface area contributed by atoms with Gasteiger partial charge in [-0.25, -0.2) is 0 Å². The van der Waals surface area contributed by atoms with Gasteiger partial charge >= 0.3 is 0 Å². The standard InChI is InChI=1S/C17H21N/c1-13(2)14-5-7-15(8-6-14)16-9-11-17(12-10-16)18(3)4/h5-13H,1-4H3. The van der Waals surface area contributed by atoms with Crippen LogP contribution in [-0.2, 0) is 0 Å². The molecule has 18 heavy (non-hydrogen) atoms. The van der Waals surface area contributed by atoms with Crippen LogP contribution >= 0.6 is 0 Å². The fraction of sp³-hybridized carbons (Fsp3) is 0.294. The molecule has 0 saturated heterocycles. The van der Waals surface area contributed by atoms with E-state index in [4.69, 9.17) is 0 Å². The van der Waals surface area contributed by atoms with Crippen molar-refractivity contribution in [2.24, 2.45) is 0 Å². The molecular weight excluding hydrogens is 218 g/mol. The van der Waals surface area contributed by atoms with Crippen molar-refractivity contribution in [2.45, 2.75) is 19.8 Å². The average Bonchev–Trinajstić information content (AvgIpc) is 2.39. The van der Waals surface area contributed by atoms with E-state index >= 15 is 0 Å². The summed E-state index contributed by atoms with van der Waals surface area (Å²) in [7, 11) is 4.12. The second-order valence-electron chi connectivity index (χ2n) is 5.22. The molecule has 0 saturated carbocycles. The molecule has 1 nitrogen and oxygen atoms in total. The van der Waals surface area contributed by atoms with E-state index in [1.807, 2.05) is 0 Å². The normalized spacial score (nSPS) is 10.7. The number of anilines is 1. The molecule has 2 aromatic rings. The Labute approximate surface area is 110 Å². The van der Waals surface area contributed by atoms with Gasteiger partial charge in [0.15, 0.2) is 0 Å². The van der Waals surface area contributed by atoms with Gasteiger partial charge in [-0.15, -0.1) is 0 Å². The summed E-state index contributed by atoms with van der Waals surface area (Å²) >= 11 is 0. The van der Waals surface area contributed by atoms with Gasteiger partial charge in [0, 0.05) is 19.8 Å². The minimum Gasteiger partial charge on any atom is -0.378 e. The van der Waals surface area contributed by atoms with Crippen molar-refractivity contribution < 1.29 is 0 Å². The Hall–Kier alpha value is -1.76. The summed E-state index contributed by atoms with van der Waals surface area (Å²) in [6.07, 6.45) is 0. The monoisotopic (exact) mass is 239 g/mol. The molecule has 0 radical (unpaired) electrons. The van der Waals surface area contributed by atoms with E-state index in [0.717, 1.165) is 0 Å². The first-order chi connectivity index (χ1) is 8.58. The van der Waals surface area contributed by atoms with Crippen LogP contribution in [-0.4, -0.2) is 14.1 Å². The topological polar surface area (TPSA) is 3.24 Å². The van der Waals surface area contributed by atoms with E-state index in [0.29, 0.717) is 5.92 Å². The largest absolute Gasteiger partial charge is 0.378 e. The molecule has 0 aliphatic rings. The van der Waals surface area contributed by atoms with Gasteiger partial charge in [-0.3, -0.25) is 0 Å². The van der Waals surface area contributed by atoms with Gasteiger partial charge in [-0.2, -0.15) is 0 Å². The van der Waals surface area contributed by atoms with Crippen molar-refractivity contribution in [2.75, 3.05) is 19.0 Å². The molecule has 94 valence electrons. The van der Waals surface area contributed by atoms with Crippen LogP contribution < -0.4 is 4.90 Å². The van der Waals surface area contributed by atoms with E-state index in [-0.39, 0.29) is 0 Å². The molecule has 2 aromatic carbocycles. The Morgan fingerprint density at radius 1 is 0.722 bits per heavy atom. The highest BCUT2D eigenvalue weighted by molar-refractivity contribution is 5.66. The predicted molar refractivity (Wildman–Crippen MR) is 80.3 cm³/mol. The third-order valence-corrected chi connectivity index (χ3v) is 3.29. The maximum Gasteiger partial charge on any atom is 0.0361 e. The summed E-state index contributed by atoms with van der Waals surface area (Å²) in [6, 6.07) is 17.5. The summed E-state index contributed by atoms with van der Waals surface area (Å²) in [6.45, 7) is 4.45. The molecule has 2 rings (SSSR count). The third kappa shape index (κ3) is 2.73. The van der Waals surface area contributed by atoms with Gasteiger partial charge < -0.3 is 4.90 Å². The lowest BCUT2D eigenvalue weighted by atomic mass is 9.99. The zero-order valence-corrected chi connectivity index (χ0v) is 11.6. The molecule has 0 spiro atoms. The van der Waals surface area contributed by atoms with Gasteiger partial charge in [0.05, 0.1) is 0 Å². The SMILES string of the molecule is CC(C)c1ccc(-c2ccc(N(C)C)cc2)cc1. The molecule has 0 aromatic heterocycles. The average molecular weight is 239 g/mol. The van der Waals surface area contributed by atoms with Crippen molar-refractivity contribution >= 4 is 5.69 Å². The minimum atomic E-state index is 0.593. The molecule has 1 heteroatoms. The summed E-state index contributed by atoms with van der Waals surface area (Å²) in [4.78, 5) is 2.12. The molecule has 0 atom stereocenters. The summed E-state index contributed by atoms with van der Waals surface area (Å²) in [5, 5.41) is 0. The molecule has 0 unspecified atom stereocenters. The van der Waals surface area contributed by atoms with Crippen molar-refractivity contribution in [3.05, 3.63) is 54.1 Å². The quantitative estimate of drug-likeness (QED) is 0.760. The van der Waals surface area contributed by atoms with Crippen LogP contribution in [0.4, 0.5) is 5.69 Å². The summed E-state index contributed by atoms with van der Waals surface area (Å²) in [5.41, 5.74) is 5.18. The maximum atomic E-state index is 2.22. The molecule has 0 aliphatic carbocycles. The predicted octanol–water partition coefficient (Wildman–Crippen LogP) is 4.54. The molecule has 0 aliphatic heterocycles. The fourth-order valence-electron chi connectivity index (χ4n) is 2.01. The van der Waals surface area contributed by atoms with Gasteiger partial charge in [-0.1, -0.05) is 50.2 Å². The van der Waals surface area contributed by atoms with E-state index in [1.54, 1.807) is 0 Å². The third-order valence-electron chi connectivity index (χ3n) is 3.29. The van der Waals surface area contributed by atoms with Crippen LogP contribution in [0.1, 0.15) is 25.3 Å². The first-order valence-electron chi connectivity index (χ1n) is 6.45. The van der Waals surface area contributed by atoms with Crippen LogP contribution in [0.3, 0.4) is 0 Å². The van der Waals surface area contributed by atoms with Crippen LogP contribution in [0.15, 0.2) is 48.5 Å². The van der Waals surface area contributed by atoms with Crippen LogP contribution in [0.2, 0.25) is 0 Å². The second kappa shape index (κ2) is 5.26. The number of hydrogen-bond acceptors (Lipinski definition) is 1. The highest BCUT2D eigenvalue weighted by atomic mass is 15.1. The molecule has 0 amide bonds. The lowest BCUT2D eigenvalue weighted by Gasteiger charge is -2.13. The van der Waals surface area contributed by atoms with Gasteiger partial charge in [0.25, 0.3) is 0 Å². The zero-order valence-electron chi connectivity index (χ0n) is 11.6. The Bertz CT molecular complexity index is 443. The van der Waals surface area contributed by atoms with Crippen molar-refractivity contribution in [3.63, 3.8) is 0 Å². The number of rotatable bonds is 3. The molecule has 0 fully saturated rings. The first kappa shape index (κ1) is 12.7. The van der Waals surface area contributed by atoms with E-state index in [2.05, 4.69) is 81.4 Å². The Balaban J connectivity index is 2.25. The van der Waals surface area contributed by atoms with Crippen LogP contribution in [0, 0.1) is 0 Å². The Kier molecular flexibility index (Phi) is 3.71.